The zero-order chi connectivity index (χ0) is 20.4. The number of hydrogen-bond acceptors (Lipinski definition) is 6. The number of carbonyl (C=O) groups excluding carboxylic acids is 1. The topological polar surface area (TPSA) is 67.8 Å². The summed E-state index contributed by atoms with van der Waals surface area (Å²) in [5.41, 5.74) is 2.34. The van der Waals surface area contributed by atoms with E-state index in [1.807, 2.05) is 56.1 Å². The second-order valence-electron chi connectivity index (χ2n) is 8.15. The summed E-state index contributed by atoms with van der Waals surface area (Å²) in [6.45, 7) is 9.65. The fourth-order valence-electron chi connectivity index (χ4n) is 3.78. The number of aromatic nitrogens is 2. The largest absolute Gasteiger partial charge is 0.478 e. The Labute approximate surface area is 171 Å². The van der Waals surface area contributed by atoms with Gasteiger partial charge in [-0.05, 0) is 38.5 Å². The zero-order valence-corrected chi connectivity index (χ0v) is 17.4. The van der Waals surface area contributed by atoms with Gasteiger partial charge < -0.3 is 19.3 Å². The molecule has 2 aliphatic heterocycles. The molecule has 3 heterocycles. The van der Waals surface area contributed by atoms with E-state index < -0.39 is 5.60 Å². The number of fused-ring (bicyclic) bond motifs is 1. The van der Waals surface area contributed by atoms with Crippen LogP contribution in [0.3, 0.4) is 0 Å². The summed E-state index contributed by atoms with van der Waals surface area (Å²) in [5, 5.41) is 0. The van der Waals surface area contributed by atoms with Gasteiger partial charge in [0.25, 0.3) is 5.91 Å². The molecule has 0 bridgehead atoms. The highest BCUT2D eigenvalue weighted by Gasteiger charge is 2.36. The van der Waals surface area contributed by atoms with Gasteiger partial charge in [-0.15, -0.1) is 0 Å². The maximum atomic E-state index is 13.1. The molecule has 0 unspecified atom stereocenters. The lowest BCUT2D eigenvalue weighted by Crippen LogP contribution is -2.56. The average Bonchev–Trinajstić information content (AvgIpc) is 2.72. The summed E-state index contributed by atoms with van der Waals surface area (Å²) < 4.78 is 11.5. The average molecular weight is 396 g/mol. The quantitative estimate of drug-likeness (QED) is 0.790. The van der Waals surface area contributed by atoms with Gasteiger partial charge in [0.15, 0.2) is 5.60 Å². The van der Waals surface area contributed by atoms with E-state index in [2.05, 4.69) is 9.88 Å². The first-order valence-corrected chi connectivity index (χ1v) is 10.1. The Balaban J connectivity index is 1.38. The molecule has 154 valence electrons. The molecule has 1 saturated heterocycles. The Hall–Kier alpha value is -2.67. The molecule has 2 aromatic rings. The third-order valence-electron chi connectivity index (χ3n) is 5.41. The lowest BCUT2D eigenvalue weighted by atomic mass is 10.1. The second-order valence-corrected chi connectivity index (χ2v) is 8.15. The summed E-state index contributed by atoms with van der Waals surface area (Å²) in [7, 11) is 0. The number of amides is 1. The summed E-state index contributed by atoms with van der Waals surface area (Å²) in [5.74, 6) is 1.46. The fraction of sp³-hybridized carbons (Fsp3) is 0.500. The van der Waals surface area contributed by atoms with Crippen molar-refractivity contribution in [1.29, 1.82) is 0 Å². The van der Waals surface area contributed by atoms with Crippen LogP contribution in [0, 0.1) is 6.92 Å². The minimum Gasteiger partial charge on any atom is -0.478 e. The zero-order valence-electron chi connectivity index (χ0n) is 17.4. The minimum atomic E-state index is -0.918. The van der Waals surface area contributed by atoms with Gasteiger partial charge in [-0.3, -0.25) is 4.79 Å². The van der Waals surface area contributed by atoms with Crippen LogP contribution in [0.4, 0.5) is 5.95 Å². The van der Waals surface area contributed by atoms with E-state index in [-0.39, 0.29) is 5.91 Å². The molecule has 1 amide bonds. The number of anilines is 1. The molecule has 0 atom stereocenters. The van der Waals surface area contributed by atoms with Crippen molar-refractivity contribution < 1.29 is 14.3 Å². The Morgan fingerprint density at radius 1 is 1.21 bits per heavy atom. The first-order chi connectivity index (χ1) is 13.9. The van der Waals surface area contributed by atoms with Crippen LogP contribution in [-0.2, 0) is 22.6 Å². The molecule has 1 aromatic heterocycles. The molecular formula is C22H28N4O3. The van der Waals surface area contributed by atoms with Gasteiger partial charge in [0.1, 0.15) is 5.75 Å². The highest BCUT2D eigenvalue weighted by Crippen LogP contribution is 2.23. The normalized spacial score (nSPS) is 17.1. The van der Waals surface area contributed by atoms with Crippen molar-refractivity contribution in [3.8, 4) is 5.75 Å². The molecule has 7 nitrogen and oxygen atoms in total. The first kappa shape index (κ1) is 19.6. The summed E-state index contributed by atoms with van der Waals surface area (Å²) >= 11 is 0. The van der Waals surface area contributed by atoms with Crippen LogP contribution < -0.4 is 9.64 Å². The molecule has 1 aromatic carbocycles. The number of piperazine rings is 1. The maximum absolute atomic E-state index is 13.1. The number of rotatable bonds is 4. The monoisotopic (exact) mass is 396 g/mol. The van der Waals surface area contributed by atoms with Gasteiger partial charge in [-0.25, -0.2) is 9.97 Å². The third-order valence-corrected chi connectivity index (χ3v) is 5.41. The second kappa shape index (κ2) is 7.99. The Kier molecular flexibility index (Phi) is 5.41. The molecule has 1 fully saturated rings. The van der Waals surface area contributed by atoms with Crippen LogP contribution in [-0.4, -0.2) is 59.2 Å². The molecular weight excluding hydrogens is 368 g/mol. The lowest BCUT2D eigenvalue weighted by Gasteiger charge is -2.38. The smallest absolute Gasteiger partial charge is 0.266 e. The predicted molar refractivity (Wildman–Crippen MR) is 110 cm³/mol. The van der Waals surface area contributed by atoms with Gasteiger partial charge >= 0.3 is 0 Å². The molecule has 0 spiro atoms. The Bertz CT molecular complexity index is 891. The van der Waals surface area contributed by atoms with Gasteiger partial charge in [-0.1, -0.05) is 12.1 Å². The summed E-state index contributed by atoms with van der Waals surface area (Å²) in [6.07, 6.45) is 2.70. The van der Waals surface area contributed by atoms with Crippen molar-refractivity contribution in [3.05, 3.63) is 47.3 Å². The van der Waals surface area contributed by atoms with E-state index >= 15 is 0 Å². The molecule has 0 saturated carbocycles. The predicted octanol–water partition coefficient (Wildman–Crippen LogP) is 2.36. The third kappa shape index (κ3) is 4.34. The first-order valence-electron chi connectivity index (χ1n) is 10.1. The van der Waals surface area contributed by atoms with Crippen LogP contribution in [0.1, 0.15) is 30.7 Å². The fourth-order valence-corrected chi connectivity index (χ4v) is 3.78. The number of hydrogen-bond donors (Lipinski definition) is 0. The van der Waals surface area contributed by atoms with Crippen molar-refractivity contribution in [1.82, 2.24) is 14.9 Å². The van der Waals surface area contributed by atoms with Gasteiger partial charge in [0, 0.05) is 44.4 Å². The van der Waals surface area contributed by atoms with Crippen molar-refractivity contribution in [2.75, 3.05) is 37.7 Å². The molecule has 0 N–H and O–H groups in total. The van der Waals surface area contributed by atoms with Crippen molar-refractivity contribution >= 4 is 11.9 Å². The highest BCUT2D eigenvalue weighted by molar-refractivity contribution is 5.85. The van der Waals surface area contributed by atoms with Crippen LogP contribution in [0.15, 0.2) is 30.5 Å². The van der Waals surface area contributed by atoms with Crippen LogP contribution in [0.2, 0.25) is 0 Å². The van der Waals surface area contributed by atoms with Gasteiger partial charge in [0.05, 0.1) is 18.9 Å². The number of ether oxygens (including phenoxy) is 2. The SMILES string of the molecule is Cc1cccc(OC(C)(C)C(=O)N2CCN(c3ncc4c(n3)CCOC4)CC2)c1. The Morgan fingerprint density at radius 2 is 2.00 bits per heavy atom. The van der Waals surface area contributed by atoms with Crippen molar-refractivity contribution in [3.63, 3.8) is 0 Å². The highest BCUT2D eigenvalue weighted by atomic mass is 16.5. The van der Waals surface area contributed by atoms with E-state index in [4.69, 9.17) is 14.5 Å². The molecule has 29 heavy (non-hydrogen) atoms. The van der Waals surface area contributed by atoms with Crippen LogP contribution in [0.5, 0.6) is 5.75 Å². The van der Waals surface area contributed by atoms with E-state index in [1.165, 1.54) is 0 Å². The maximum Gasteiger partial charge on any atom is 0.266 e. The number of nitrogens with zero attached hydrogens (tertiary/aromatic N) is 4. The minimum absolute atomic E-state index is 0.00200. The number of carbonyl (C=O) groups is 1. The van der Waals surface area contributed by atoms with Crippen molar-refractivity contribution in [2.45, 2.75) is 39.4 Å². The van der Waals surface area contributed by atoms with E-state index in [9.17, 15) is 4.79 Å². The summed E-state index contributed by atoms with van der Waals surface area (Å²) in [6, 6.07) is 7.79. The lowest BCUT2D eigenvalue weighted by molar-refractivity contribution is -0.145. The molecule has 2 aliphatic rings. The number of benzene rings is 1. The van der Waals surface area contributed by atoms with Gasteiger partial charge in [-0.2, -0.15) is 0 Å². The van der Waals surface area contributed by atoms with Crippen LogP contribution in [0.25, 0.3) is 0 Å². The Morgan fingerprint density at radius 3 is 2.76 bits per heavy atom. The van der Waals surface area contributed by atoms with Gasteiger partial charge in [0.2, 0.25) is 5.95 Å². The standard InChI is InChI=1S/C22H28N4O3/c1-16-5-4-6-18(13-16)29-22(2,3)20(27)25-8-10-26(11-9-25)21-23-14-17-15-28-12-7-19(17)24-21/h4-6,13-14H,7-12,15H2,1-3H3. The molecule has 0 radical (unpaired) electrons. The number of aryl methyl sites for hydroxylation is 1. The molecule has 4 rings (SSSR count). The van der Waals surface area contributed by atoms with E-state index in [0.29, 0.717) is 45.1 Å². The molecule has 7 heteroatoms. The van der Waals surface area contributed by atoms with E-state index in [0.717, 1.165) is 29.2 Å². The molecule has 0 aliphatic carbocycles. The summed E-state index contributed by atoms with van der Waals surface area (Å²) in [4.78, 5) is 26.3. The van der Waals surface area contributed by atoms with E-state index in [1.54, 1.807) is 0 Å². The van der Waals surface area contributed by atoms with Crippen molar-refractivity contribution in [2.24, 2.45) is 0 Å². The van der Waals surface area contributed by atoms with Crippen LogP contribution >= 0.6 is 0 Å².